The van der Waals surface area contributed by atoms with Gasteiger partial charge in [0, 0.05) is 10.9 Å². The Morgan fingerprint density at radius 2 is 2.27 bits per heavy atom. The lowest BCUT2D eigenvalue weighted by molar-refractivity contribution is -0.116. The Kier molecular flexibility index (Phi) is 5.12. The quantitative estimate of drug-likeness (QED) is 0.779. The summed E-state index contributed by atoms with van der Waals surface area (Å²) in [5, 5.41) is 0. The average Bonchev–Trinajstić information content (AvgIpc) is 2.23. The minimum absolute atomic E-state index is 0.00557. The van der Waals surface area contributed by atoms with Gasteiger partial charge in [-0.15, -0.1) is 11.6 Å². The van der Waals surface area contributed by atoms with Crippen molar-refractivity contribution >= 4 is 33.3 Å². The first kappa shape index (κ1) is 12.5. The van der Waals surface area contributed by atoms with Crippen LogP contribution in [0, 0.1) is 0 Å². The fourth-order valence-corrected chi connectivity index (χ4v) is 1.68. The Hall–Kier alpha value is -0.540. The molecular formula is C11H12BrClO2. The van der Waals surface area contributed by atoms with Gasteiger partial charge in [-0.3, -0.25) is 4.79 Å². The fourth-order valence-electron chi connectivity index (χ4n) is 1.20. The summed E-state index contributed by atoms with van der Waals surface area (Å²) in [7, 11) is 0. The van der Waals surface area contributed by atoms with Gasteiger partial charge in [0.05, 0.1) is 12.5 Å². The van der Waals surface area contributed by atoms with E-state index in [4.69, 9.17) is 16.3 Å². The van der Waals surface area contributed by atoms with E-state index in [0.717, 1.165) is 15.8 Å². The lowest BCUT2D eigenvalue weighted by Gasteiger charge is -2.07. The molecule has 2 nitrogen and oxygen atoms in total. The van der Waals surface area contributed by atoms with Gasteiger partial charge in [0.15, 0.2) is 5.78 Å². The minimum atomic E-state index is 0.00557. The maximum absolute atomic E-state index is 11.2. The number of ketones is 1. The molecule has 82 valence electrons. The molecule has 0 aliphatic heterocycles. The number of ether oxygens (including phenoxy) is 1. The largest absolute Gasteiger partial charge is 0.494 e. The highest BCUT2D eigenvalue weighted by molar-refractivity contribution is 9.10. The predicted molar refractivity (Wildman–Crippen MR) is 64.7 cm³/mol. The molecule has 0 aliphatic rings. The van der Waals surface area contributed by atoms with Crippen molar-refractivity contribution in [2.45, 2.75) is 13.3 Å². The lowest BCUT2D eigenvalue weighted by Crippen LogP contribution is -2.04. The zero-order valence-electron chi connectivity index (χ0n) is 8.43. The first-order valence-electron chi connectivity index (χ1n) is 4.66. The van der Waals surface area contributed by atoms with Crippen molar-refractivity contribution in [3.63, 3.8) is 0 Å². The van der Waals surface area contributed by atoms with Gasteiger partial charge >= 0.3 is 0 Å². The van der Waals surface area contributed by atoms with Crippen molar-refractivity contribution in [1.29, 1.82) is 0 Å². The Bertz CT molecular complexity index is 352. The number of Topliss-reactive ketones (excluding diaryl/α,β-unsaturated/α-hetero) is 1. The van der Waals surface area contributed by atoms with Crippen molar-refractivity contribution < 1.29 is 9.53 Å². The maximum atomic E-state index is 11.2. The second-order valence-electron chi connectivity index (χ2n) is 3.04. The molecule has 15 heavy (non-hydrogen) atoms. The van der Waals surface area contributed by atoms with Crippen molar-refractivity contribution in [2.75, 3.05) is 12.5 Å². The van der Waals surface area contributed by atoms with Crippen molar-refractivity contribution in [1.82, 2.24) is 0 Å². The number of alkyl halides is 1. The van der Waals surface area contributed by atoms with Crippen LogP contribution in [0.4, 0.5) is 0 Å². The molecule has 0 saturated carbocycles. The Morgan fingerprint density at radius 3 is 2.87 bits per heavy atom. The van der Waals surface area contributed by atoms with E-state index in [2.05, 4.69) is 15.9 Å². The van der Waals surface area contributed by atoms with Crippen LogP contribution in [0.1, 0.15) is 12.5 Å². The number of benzene rings is 1. The monoisotopic (exact) mass is 290 g/mol. The summed E-state index contributed by atoms with van der Waals surface area (Å²) in [6.45, 7) is 2.54. The molecule has 0 heterocycles. The Morgan fingerprint density at radius 1 is 1.53 bits per heavy atom. The second kappa shape index (κ2) is 6.13. The molecule has 0 N–H and O–H groups in total. The summed E-state index contributed by atoms with van der Waals surface area (Å²) in [5.41, 5.74) is 0.909. The van der Waals surface area contributed by atoms with Gasteiger partial charge in [-0.2, -0.15) is 0 Å². The van der Waals surface area contributed by atoms with Crippen LogP contribution in [0.2, 0.25) is 0 Å². The molecule has 1 aromatic rings. The first-order chi connectivity index (χ1) is 7.17. The molecule has 0 aromatic heterocycles. The summed E-state index contributed by atoms with van der Waals surface area (Å²) < 4.78 is 6.26. The smallest absolute Gasteiger partial charge is 0.151 e. The highest BCUT2D eigenvalue weighted by Crippen LogP contribution is 2.23. The van der Waals surface area contributed by atoms with E-state index in [1.165, 1.54) is 0 Å². The van der Waals surface area contributed by atoms with Crippen LogP contribution in [-0.2, 0) is 11.2 Å². The number of hydrogen-bond acceptors (Lipinski definition) is 2. The van der Waals surface area contributed by atoms with Gasteiger partial charge in [0.25, 0.3) is 0 Å². The van der Waals surface area contributed by atoms with E-state index in [9.17, 15) is 4.79 Å². The van der Waals surface area contributed by atoms with Crippen molar-refractivity contribution in [3.05, 3.63) is 28.2 Å². The second-order valence-corrected chi connectivity index (χ2v) is 4.16. The van der Waals surface area contributed by atoms with Gasteiger partial charge < -0.3 is 4.74 Å². The Labute approximate surface area is 103 Å². The van der Waals surface area contributed by atoms with Gasteiger partial charge in [-0.05, 0) is 30.7 Å². The van der Waals surface area contributed by atoms with E-state index in [-0.39, 0.29) is 11.7 Å². The third-order valence-electron chi connectivity index (χ3n) is 1.86. The molecule has 4 heteroatoms. The molecule has 0 aliphatic carbocycles. The van der Waals surface area contributed by atoms with Gasteiger partial charge in [-0.25, -0.2) is 0 Å². The summed E-state index contributed by atoms with van der Waals surface area (Å²) >= 11 is 8.85. The third-order valence-corrected chi connectivity index (χ3v) is 2.94. The standard InChI is InChI=1S/C11H12BrClO2/c1-2-15-10-3-4-11(12)8(6-10)5-9(14)7-13/h3-4,6H,2,5,7H2,1H3. The molecule has 0 spiro atoms. The van der Waals surface area contributed by atoms with Gasteiger partial charge in [0.2, 0.25) is 0 Å². The number of carbonyl (C=O) groups excluding carboxylic acids is 1. The summed E-state index contributed by atoms with van der Waals surface area (Å²) in [6.07, 6.45) is 0.338. The van der Waals surface area contributed by atoms with Crippen LogP contribution in [0.15, 0.2) is 22.7 Å². The van der Waals surface area contributed by atoms with Crippen LogP contribution < -0.4 is 4.74 Å². The molecule has 0 amide bonds. The van der Waals surface area contributed by atoms with Gasteiger partial charge in [-0.1, -0.05) is 15.9 Å². The lowest BCUT2D eigenvalue weighted by atomic mass is 10.1. The zero-order chi connectivity index (χ0) is 11.3. The molecule has 0 bridgehead atoms. The summed E-state index contributed by atoms with van der Waals surface area (Å²) in [6, 6.07) is 5.60. The molecule has 0 unspecified atom stereocenters. The number of halogens is 2. The SMILES string of the molecule is CCOc1ccc(Br)c(CC(=O)CCl)c1. The summed E-state index contributed by atoms with van der Waals surface area (Å²) in [4.78, 5) is 11.2. The van der Waals surface area contributed by atoms with E-state index in [1.54, 1.807) is 0 Å². The van der Waals surface area contributed by atoms with Crippen LogP contribution in [-0.4, -0.2) is 18.3 Å². The Balaban J connectivity index is 2.85. The van der Waals surface area contributed by atoms with E-state index < -0.39 is 0 Å². The molecule has 1 rings (SSSR count). The normalized spacial score (nSPS) is 10.1. The van der Waals surface area contributed by atoms with Crippen LogP contribution in [0.3, 0.4) is 0 Å². The first-order valence-corrected chi connectivity index (χ1v) is 5.99. The number of carbonyl (C=O) groups is 1. The highest BCUT2D eigenvalue weighted by Gasteiger charge is 2.07. The van der Waals surface area contributed by atoms with Crippen LogP contribution >= 0.6 is 27.5 Å². The van der Waals surface area contributed by atoms with E-state index in [0.29, 0.717) is 13.0 Å². The van der Waals surface area contributed by atoms with E-state index in [1.807, 2.05) is 25.1 Å². The number of hydrogen-bond donors (Lipinski definition) is 0. The van der Waals surface area contributed by atoms with Crippen molar-refractivity contribution in [3.8, 4) is 5.75 Å². The molecule has 0 fully saturated rings. The van der Waals surface area contributed by atoms with Crippen molar-refractivity contribution in [2.24, 2.45) is 0 Å². The minimum Gasteiger partial charge on any atom is -0.494 e. The third kappa shape index (κ3) is 3.84. The van der Waals surface area contributed by atoms with E-state index >= 15 is 0 Å². The number of rotatable bonds is 5. The molecule has 0 saturated heterocycles. The molecule has 1 aromatic carbocycles. The average molecular weight is 292 g/mol. The van der Waals surface area contributed by atoms with Gasteiger partial charge in [0.1, 0.15) is 5.75 Å². The van der Waals surface area contributed by atoms with Crippen LogP contribution in [0.5, 0.6) is 5.75 Å². The fraction of sp³-hybridized carbons (Fsp3) is 0.364. The highest BCUT2D eigenvalue weighted by atomic mass is 79.9. The maximum Gasteiger partial charge on any atom is 0.151 e. The molecule has 0 radical (unpaired) electrons. The zero-order valence-corrected chi connectivity index (χ0v) is 10.8. The molecular weight excluding hydrogens is 279 g/mol. The summed E-state index contributed by atoms with van der Waals surface area (Å²) in [5.74, 6) is 0.828. The van der Waals surface area contributed by atoms with Crippen LogP contribution in [0.25, 0.3) is 0 Å². The predicted octanol–water partition coefficient (Wildman–Crippen LogP) is 3.20. The molecule has 0 atom stereocenters. The topological polar surface area (TPSA) is 26.3 Å².